The quantitative estimate of drug-likeness (QED) is 0.719. The van der Waals surface area contributed by atoms with Crippen LogP contribution in [0, 0.1) is 5.92 Å². The lowest BCUT2D eigenvalue weighted by atomic mass is 10.0. The zero-order valence-corrected chi connectivity index (χ0v) is 9.14. The Kier molecular flexibility index (Phi) is 3.79. The molecule has 1 rings (SSSR count). The van der Waals surface area contributed by atoms with Gasteiger partial charge in [0.05, 0.1) is 12.5 Å². The van der Waals surface area contributed by atoms with Gasteiger partial charge in [0.1, 0.15) is 12.2 Å². The van der Waals surface area contributed by atoms with Crippen molar-refractivity contribution < 1.29 is 9.90 Å². The molecule has 0 fully saturated rings. The van der Waals surface area contributed by atoms with Crippen LogP contribution in [0.4, 0.5) is 0 Å². The first kappa shape index (κ1) is 11.6. The van der Waals surface area contributed by atoms with E-state index in [0.717, 1.165) is 5.82 Å². The van der Waals surface area contributed by atoms with Crippen molar-refractivity contribution in [2.75, 3.05) is 0 Å². The lowest BCUT2D eigenvalue weighted by Crippen LogP contribution is -2.36. The van der Waals surface area contributed by atoms with Crippen molar-refractivity contribution in [1.29, 1.82) is 0 Å². The van der Waals surface area contributed by atoms with E-state index in [-0.39, 0.29) is 6.04 Å². The lowest BCUT2D eigenvalue weighted by molar-refractivity contribution is -0.141. The second-order valence-corrected chi connectivity index (χ2v) is 3.65. The maximum Gasteiger partial charge on any atom is 0.307 e. The molecule has 1 heterocycles. The van der Waals surface area contributed by atoms with Crippen molar-refractivity contribution >= 4 is 5.97 Å². The van der Waals surface area contributed by atoms with Gasteiger partial charge in [-0.15, -0.1) is 10.2 Å². The van der Waals surface area contributed by atoms with Crippen LogP contribution < -0.4 is 5.32 Å². The highest BCUT2D eigenvalue weighted by molar-refractivity contribution is 5.70. The molecule has 0 aliphatic rings. The topological polar surface area (TPSA) is 80.0 Å². The van der Waals surface area contributed by atoms with E-state index in [0.29, 0.717) is 6.54 Å². The zero-order chi connectivity index (χ0) is 11.4. The van der Waals surface area contributed by atoms with E-state index in [1.165, 1.54) is 0 Å². The zero-order valence-electron chi connectivity index (χ0n) is 9.14. The lowest BCUT2D eigenvalue weighted by Gasteiger charge is -2.17. The van der Waals surface area contributed by atoms with E-state index in [9.17, 15) is 4.79 Å². The molecule has 2 unspecified atom stereocenters. The molecule has 0 aromatic carbocycles. The fourth-order valence-corrected chi connectivity index (χ4v) is 1.11. The Morgan fingerprint density at radius 2 is 2.33 bits per heavy atom. The maximum atomic E-state index is 10.7. The highest BCUT2D eigenvalue weighted by Gasteiger charge is 2.18. The van der Waals surface area contributed by atoms with Gasteiger partial charge < -0.3 is 15.0 Å². The van der Waals surface area contributed by atoms with Crippen molar-refractivity contribution in [2.24, 2.45) is 13.0 Å². The van der Waals surface area contributed by atoms with Gasteiger partial charge in [0.15, 0.2) is 0 Å². The van der Waals surface area contributed by atoms with E-state index in [2.05, 4.69) is 15.5 Å². The molecule has 0 saturated carbocycles. The molecule has 0 aliphatic heterocycles. The van der Waals surface area contributed by atoms with Gasteiger partial charge in [-0.3, -0.25) is 4.79 Å². The Hall–Kier alpha value is -1.43. The molecule has 0 radical (unpaired) electrons. The summed E-state index contributed by atoms with van der Waals surface area (Å²) >= 11 is 0. The molecule has 0 bridgehead atoms. The van der Waals surface area contributed by atoms with Gasteiger partial charge >= 0.3 is 5.97 Å². The highest BCUT2D eigenvalue weighted by Crippen LogP contribution is 2.03. The second kappa shape index (κ2) is 4.88. The van der Waals surface area contributed by atoms with Gasteiger partial charge in [-0.1, -0.05) is 6.92 Å². The van der Waals surface area contributed by atoms with Crippen LogP contribution in [0.15, 0.2) is 6.33 Å². The third-order valence-electron chi connectivity index (χ3n) is 2.53. The minimum Gasteiger partial charge on any atom is -0.481 e. The predicted octanol–water partition coefficient (Wildman–Crippen LogP) is 0.0139. The minimum absolute atomic E-state index is 0.0980. The van der Waals surface area contributed by atoms with Crippen LogP contribution in [0.2, 0.25) is 0 Å². The molecule has 0 spiro atoms. The third-order valence-corrected chi connectivity index (χ3v) is 2.53. The predicted molar refractivity (Wildman–Crippen MR) is 54.1 cm³/mol. The number of carboxylic acid groups (broad SMARTS) is 1. The van der Waals surface area contributed by atoms with Crippen molar-refractivity contribution in [3.63, 3.8) is 0 Å². The van der Waals surface area contributed by atoms with E-state index >= 15 is 0 Å². The summed E-state index contributed by atoms with van der Waals surface area (Å²) in [6, 6.07) is -0.0980. The fraction of sp³-hybridized carbons (Fsp3) is 0.667. The number of nitrogens with one attached hydrogen (secondary N) is 1. The van der Waals surface area contributed by atoms with Crippen LogP contribution in [-0.2, 0) is 18.4 Å². The van der Waals surface area contributed by atoms with Crippen molar-refractivity contribution in [3.05, 3.63) is 12.2 Å². The summed E-state index contributed by atoms with van der Waals surface area (Å²) in [6.07, 6.45) is 1.61. The molecular weight excluding hydrogens is 196 g/mol. The van der Waals surface area contributed by atoms with Gasteiger partial charge in [0.25, 0.3) is 0 Å². The molecule has 2 atom stereocenters. The summed E-state index contributed by atoms with van der Waals surface area (Å²) < 4.78 is 1.80. The van der Waals surface area contributed by atoms with Crippen molar-refractivity contribution in [2.45, 2.75) is 26.4 Å². The van der Waals surface area contributed by atoms with Crippen LogP contribution in [0.25, 0.3) is 0 Å². The van der Waals surface area contributed by atoms with Crippen LogP contribution in [0.3, 0.4) is 0 Å². The number of rotatable bonds is 5. The van der Waals surface area contributed by atoms with Gasteiger partial charge in [-0.2, -0.15) is 0 Å². The largest absolute Gasteiger partial charge is 0.481 e. The molecule has 15 heavy (non-hydrogen) atoms. The molecule has 1 aromatic heterocycles. The van der Waals surface area contributed by atoms with Gasteiger partial charge in [0, 0.05) is 13.1 Å². The Balaban J connectivity index is 2.44. The molecule has 2 N–H and O–H groups in total. The Morgan fingerprint density at radius 3 is 2.80 bits per heavy atom. The summed E-state index contributed by atoms with van der Waals surface area (Å²) in [5.74, 6) is -0.425. The van der Waals surface area contributed by atoms with E-state index in [1.54, 1.807) is 17.8 Å². The average Bonchev–Trinajstić information content (AvgIpc) is 2.59. The first-order valence-electron chi connectivity index (χ1n) is 4.81. The first-order chi connectivity index (χ1) is 7.02. The Morgan fingerprint density at radius 1 is 1.67 bits per heavy atom. The Labute approximate surface area is 88.3 Å². The van der Waals surface area contributed by atoms with Crippen LogP contribution in [0.1, 0.15) is 19.7 Å². The van der Waals surface area contributed by atoms with Crippen LogP contribution in [-0.4, -0.2) is 31.9 Å². The van der Waals surface area contributed by atoms with Gasteiger partial charge in [-0.05, 0) is 6.92 Å². The molecule has 0 saturated heterocycles. The number of hydrogen-bond donors (Lipinski definition) is 2. The molecular formula is C9H16N4O2. The van der Waals surface area contributed by atoms with Gasteiger partial charge in [0.2, 0.25) is 0 Å². The van der Waals surface area contributed by atoms with Crippen molar-refractivity contribution in [1.82, 2.24) is 20.1 Å². The molecule has 6 nitrogen and oxygen atoms in total. The first-order valence-corrected chi connectivity index (χ1v) is 4.81. The number of carbonyl (C=O) groups is 1. The summed E-state index contributed by atoms with van der Waals surface area (Å²) in [5, 5.41) is 19.5. The molecule has 0 amide bonds. The number of nitrogens with zero attached hydrogens (tertiary/aromatic N) is 3. The number of aromatic nitrogens is 3. The SMILES string of the molecule is CC(NCc1nncn1C)C(C)C(=O)O. The summed E-state index contributed by atoms with van der Waals surface area (Å²) in [6.45, 7) is 4.04. The van der Waals surface area contributed by atoms with Crippen LogP contribution >= 0.6 is 0 Å². The summed E-state index contributed by atoms with van der Waals surface area (Å²) in [7, 11) is 1.85. The number of aryl methyl sites for hydroxylation is 1. The van der Waals surface area contributed by atoms with Crippen LogP contribution in [0.5, 0.6) is 0 Å². The van der Waals surface area contributed by atoms with E-state index < -0.39 is 11.9 Å². The highest BCUT2D eigenvalue weighted by atomic mass is 16.4. The van der Waals surface area contributed by atoms with Gasteiger partial charge in [-0.25, -0.2) is 0 Å². The number of aliphatic carboxylic acids is 1. The average molecular weight is 212 g/mol. The fourth-order valence-electron chi connectivity index (χ4n) is 1.11. The normalized spacial score (nSPS) is 14.9. The monoisotopic (exact) mass is 212 g/mol. The third kappa shape index (κ3) is 3.02. The standard InChI is InChI=1S/C9H16N4O2/c1-6(9(14)15)7(2)10-4-8-12-11-5-13(8)3/h5-7,10H,4H2,1-3H3,(H,14,15). The smallest absolute Gasteiger partial charge is 0.307 e. The summed E-state index contributed by atoms with van der Waals surface area (Å²) in [5.41, 5.74) is 0. The number of hydrogen-bond acceptors (Lipinski definition) is 4. The van der Waals surface area contributed by atoms with E-state index in [1.807, 2.05) is 14.0 Å². The minimum atomic E-state index is -0.798. The summed E-state index contributed by atoms with van der Waals surface area (Å²) in [4.78, 5) is 10.7. The second-order valence-electron chi connectivity index (χ2n) is 3.65. The molecule has 1 aromatic rings. The molecule has 0 aliphatic carbocycles. The molecule has 84 valence electrons. The van der Waals surface area contributed by atoms with E-state index in [4.69, 9.17) is 5.11 Å². The maximum absolute atomic E-state index is 10.7. The van der Waals surface area contributed by atoms with Crippen molar-refractivity contribution in [3.8, 4) is 0 Å². The molecule has 6 heteroatoms. The Bertz CT molecular complexity index is 337. The number of carboxylic acids is 1.